The first-order valence-electron chi connectivity index (χ1n) is 12.4. The Morgan fingerprint density at radius 2 is 1.84 bits per heavy atom. The van der Waals surface area contributed by atoms with E-state index in [0.717, 1.165) is 25.7 Å². The Bertz CT molecular complexity index is 1560. The standard InChI is InChI=1S/C27H27N7O3/c1-32-25(34-11-10-33-22-5-3-2-4-17(22)12-23(33)27(34)37)20(19-6-7-28-14-18(19)16-35)13-21(26(32)36)31-24-15-29-8-9-30-24/h6-9,12-15,35H,2-5,10-11,16H2,1H3,(H,30,31). The van der Waals surface area contributed by atoms with E-state index in [2.05, 4.69) is 24.8 Å². The molecule has 188 valence electrons. The average molecular weight is 498 g/mol. The molecule has 1 aliphatic heterocycles. The van der Waals surface area contributed by atoms with Gasteiger partial charge in [0.1, 0.15) is 23.0 Å². The summed E-state index contributed by atoms with van der Waals surface area (Å²) in [6, 6.07) is 5.53. The van der Waals surface area contributed by atoms with Crippen molar-refractivity contribution in [3.63, 3.8) is 0 Å². The summed E-state index contributed by atoms with van der Waals surface area (Å²) in [4.78, 5) is 41.6. The molecule has 1 amide bonds. The maximum absolute atomic E-state index is 13.9. The van der Waals surface area contributed by atoms with Gasteiger partial charge in [0.2, 0.25) is 0 Å². The van der Waals surface area contributed by atoms with Crippen molar-refractivity contribution in [2.75, 3.05) is 16.8 Å². The Hall–Kier alpha value is -4.31. The Morgan fingerprint density at radius 1 is 1.00 bits per heavy atom. The SMILES string of the molecule is Cn1c(N2CCn3c(cc4c3CCCC4)C2=O)c(-c2ccncc2CO)cc(Nc2cnccn2)c1=O. The third-order valence-electron chi connectivity index (χ3n) is 7.25. The summed E-state index contributed by atoms with van der Waals surface area (Å²) >= 11 is 0. The van der Waals surface area contributed by atoms with Crippen LogP contribution in [0.15, 0.2) is 54.0 Å². The van der Waals surface area contributed by atoms with Crippen LogP contribution in [0.2, 0.25) is 0 Å². The molecular formula is C27H27N7O3. The number of anilines is 3. The quantitative estimate of drug-likeness (QED) is 0.435. The van der Waals surface area contributed by atoms with E-state index >= 15 is 0 Å². The summed E-state index contributed by atoms with van der Waals surface area (Å²) in [5.74, 6) is 0.769. The van der Waals surface area contributed by atoms with Gasteiger partial charge in [0.05, 0.1) is 12.8 Å². The van der Waals surface area contributed by atoms with Gasteiger partial charge in [-0.1, -0.05) is 0 Å². The number of aromatic nitrogens is 5. The van der Waals surface area contributed by atoms with Crippen LogP contribution in [0.25, 0.3) is 11.1 Å². The van der Waals surface area contributed by atoms with Gasteiger partial charge >= 0.3 is 0 Å². The first kappa shape index (κ1) is 23.1. The van der Waals surface area contributed by atoms with Crippen molar-refractivity contribution in [2.45, 2.75) is 38.8 Å². The number of hydrogen-bond donors (Lipinski definition) is 2. The van der Waals surface area contributed by atoms with Gasteiger partial charge in [-0.2, -0.15) is 0 Å². The largest absolute Gasteiger partial charge is 0.392 e. The number of hydrogen-bond acceptors (Lipinski definition) is 7. The highest BCUT2D eigenvalue weighted by molar-refractivity contribution is 6.08. The van der Waals surface area contributed by atoms with E-state index in [1.165, 1.54) is 28.2 Å². The molecule has 10 heteroatoms. The zero-order chi connectivity index (χ0) is 25.5. The molecule has 2 N–H and O–H groups in total. The Labute approximate surface area is 213 Å². The topological polar surface area (TPSA) is 118 Å². The summed E-state index contributed by atoms with van der Waals surface area (Å²) in [6.07, 6.45) is 12.1. The number of pyridine rings is 2. The number of aryl methyl sites for hydroxylation is 1. The molecule has 6 rings (SSSR count). The fourth-order valence-corrected chi connectivity index (χ4v) is 5.50. The maximum atomic E-state index is 13.9. The fraction of sp³-hybridized carbons (Fsp3) is 0.296. The molecule has 0 radical (unpaired) electrons. The van der Waals surface area contributed by atoms with Crippen molar-refractivity contribution in [1.82, 2.24) is 24.1 Å². The van der Waals surface area contributed by atoms with Gasteiger partial charge in [0.15, 0.2) is 0 Å². The van der Waals surface area contributed by atoms with Gasteiger partial charge in [0.25, 0.3) is 11.5 Å². The first-order chi connectivity index (χ1) is 18.1. The van der Waals surface area contributed by atoms with E-state index in [9.17, 15) is 14.7 Å². The molecule has 0 saturated carbocycles. The highest BCUT2D eigenvalue weighted by Crippen LogP contribution is 2.37. The summed E-state index contributed by atoms with van der Waals surface area (Å²) in [6.45, 7) is 0.860. The monoisotopic (exact) mass is 497 g/mol. The number of nitrogens with zero attached hydrogens (tertiary/aromatic N) is 6. The zero-order valence-corrected chi connectivity index (χ0v) is 20.5. The highest BCUT2D eigenvalue weighted by atomic mass is 16.3. The van der Waals surface area contributed by atoms with Crippen LogP contribution in [0.3, 0.4) is 0 Å². The number of aliphatic hydroxyl groups is 1. The minimum Gasteiger partial charge on any atom is -0.392 e. The predicted molar refractivity (Wildman–Crippen MR) is 139 cm³/mol. The molecule has 0 saturated heterocycles. The van der Waals surface area contributed by atoms with Gasteiger partial charge < -0.3 is 15.0 Å². The van der Waals surface area contributed by atoms with Crippen molar-refractivity contribution >= 4 is 23.2 Å². The van der Waals surface area contributed by atoms with Crippen molar-refractivity contribution in [1.29, 1.82) is 0 Å². The van der Waals surface area contributed by atoms with Crippen LogP contribution >= 0.6 is 0 Å². The molecule has 5 heterocycles. The minimum absolute atomic E-state index is 0.133. The number of carbonyl (C=O) groups excluding carboxylic acids is 1. The number of nitrogens with one attached hydrogen (secondary N) is 1. The molecule has 0 atom stereocenters. The molecule has 0 aromatic carbocycles. The first-order valence-corrected chi connectivity index (χ1v) is 12.4. The van der Waals surface area contributed by atoms with Crippen molar-refractivity contribution in [3.8, 4) is 11.1 Å². The van der Waals surface area contributed by atoms with E-state index in [4.69, 9.17) is 0 Å². The third-order valence-corrected chi connectivity index (χ3v) is 7.25. The van der Waals surface area contributed by atoms with E-state index in [1.807, 2.05) is 6.07 Å². The van der Waals surface area contributed by atoms with Crippen LogP contribution in [0.5, 0.6) is 0 Å². The third kappa shape index (κ3) is 3.89. The molecule has 0 fully saturated rings. The summed E-state index contributed by atoms with van der Waals surface area (Å²) < 4.78 is 3.65. The summed E-state index contributed by atoms with van der Waals surface area (Å²) in [5.41, 5.74) is 5.08. The molecule has 4 aromatic rings. The lowest BCUT2D eigenvalue weighted by atomic mass is 9.98. The van der Waals surface area contributed by atoms with Gasteiger partial charge in [-0.25, -0.2) is 4.98 Å². The van der Waals surface area contributed by atoms with Crippen LogP contribution in [0, 0.1) is 0 Å². The van der Waals surface area contributed by atoms with Crippen molar-refractivity contribution in [2.24, 2.45) is 7.05 Å². The summed E-state index contributed by atoms with van der Waals surface area (Å²) in [7, 11) is 1.66. The number of rotatable bonds is 5. The zero-order valence-electron chi connectivity index (χ0n) is 20.5. The van der Waals surface area contributed by atoms with Crippen LogP contribution in [0.1, 0.15) is 40.2 Å². The molecule has 1 aliphatic carbocycles. The van der Waals surface area contributed by atoms with E-state index in [0.29, 0.717) is 47.1 Å². The highest BCUT2D eigenvalue weighted by Gasteiger charge is 2.33. The Balaban J connectivity index is 1.52. The van der Waals surface area contributed by atoms with Crippen LogP contribution in [-0.2, 0) is 33.0 Å². The number of fused-ring (bicyclic) bond motifs is 3. The van der Waals surface area contributed by atoms with E-state index < -0.39 is 0 Å². The van der Waals surface area contributed by atoms with Crippen molar-refractivity contribution in [3.05, 3.63) is 82.1 Å². The Morgan fingerprint density at radius 3 is 2.65 bits per heavy atom. The fourth-order valence-electron chi connectivity index (χ4n) is 5.50. The van der Waals surface area contributed by atoms with E-state index in [1.54, 1.807) is 42.7 Å². The second-order valence-electron chi connectivity index (χ2n) is 9.38. The van der Waals surface area contributed by atoms with Gasteiger partial charge in [-0.3, -0.25) is 29.0 Å². The smallest absolute Gasteiger partial charge is 0.276 e. The maximum Gasteiger partial charge on any atom is 0.276 e. The second-order valence-corrected chi connectivity index (χ2v) is 9.38. The van der Waals surface area contributed by atoms with Gasteiger partial charge in [-0.15, -0.1) is 0 Å². The molecule has 4 aromatic heterocycles. The molecule has 37 heavy (non-hydrogen) atoms. The second kappa shape index (κ2) is 9.29. The van der Waals surface area contributed by atoms with Crippen LogP contribution < -0.4 is 15.8 Å². The van der Waals surface area contributed by atoms with Gasteiger partial charge in [-0.05, 0) is 55.0 Å². The average Bonchev–Trinajstić information content (AvgIpc) is 3.32. The molecule has 0 unspecified atom stereocenters. The lowest BCUT2D eigenvalue weighted by molar-refractivity contribution is 0.0963. The number of aliphatic hydroxyl groups excluding tert-OH is 1. The Kier molecular flexibility index (Phi) is 5.80. The normalized spacial score (nSPS) is 14.9. The van der Waals surface area contributed by atoms with Gasteiger partial charge in [0, 0.05) is 61.7 Å². The lowest BCUT2D eigenvalue weighted by Gasteiger charge is -2.32. The van der Waals surface area contributed by atoms with Crippen LogP contribution in [0.4, 0.5) is 17.3 Å². The number of carbonyl (C=O) groups is 1. The molecule has 0 spiro atoms. The van der Waals surface area contributed by atoms with Crippen LogP contribution in [-0.4, -0.2) is 41.6 Å². The molecule has 2 aliphatic rings. The predicted octanol–water partition coefficient (Wildman–Crippen LogP) is 2.81. The molecule has 10 nitrogen and oxygen atoms in total. The van der Waals surface area contributed by atoms with E-state index in [-0.39, 0.29) is 23.8 Å². The lowest BCUT2D eigenvalue weighted by Crippen LogP contribution is -2.43. The molecule has 0 bridgehead atoms. The molecular weight excluding hydrogens is 470 g/mol. The number of amides is 1. The van der Waals surface area contributed by atoms with Crippen molar-refractivity contribution < 1.29 is 9.90 Å². The summed E-state index contributed by atoms with van der Waals surface area (Å²) in [5, 5.41) is 13.1. The minimum atomic E-state index is -0.308.